The summed E-state index contributed by atoms with van der Waals surface area (Å²) in [5.41, 5.74) is 0. The summed E-state index contributed by atoms with van der Waals surface area (Å²) in [6.07, 6.45) is -0.620. The van der Waals surface area contributed by atoms with Crippen molar-refractivity contribution in [1.82, 2.24) is 0 Å². The summed E-state index contributed by atoms with van der Waals surface area (Å²) in [7, 11) is 0. The van der Waals surface area contributed by atoms with E-state index >= 15 is 0 Å². The normalized spacial score (nSPS) is 14.3. The third kappa shape index (κ3) is 7.44. The molecule has 0 aromatic carbocycles. The van der Waals surface area contributed by atoms with Crippen LogP contribution in [0.4, 0.5) is 4.79 Å². The van der Waals surface area contributed by atoms with E-state index < -0.39 is 12.1 Å². The molecule has 1 heterocycles. The third-order valence-corrected chi connectivity index (χ3v) is 1.27. The van der Waals surface area contributed by atoms with Gasteiger partial charge in [-0.2, -0.15) is 0 Å². The Balaban J connectivity index is 0.000000180. The van der Waals surface area contributed by atoms with Crippen molar-refractivity contribution in [3.8, 4) is 0 Å². The van der Waals surface area contributed by atoms with Gasteiger partial charge in [0.1, 0.15) is 0 Å². The second-order valence-electron chi connectivity index (χ2n) is 1.07. The van der Waals surface area contributed by atoms with Crippen LogP contribution in [0.25, 0.3) is 0 Å². The van der Waals surface area contributed by atoms with Crippen molar-refractivity contribution in [3.05, 3.63) is 0 Å². The van der Waals surface area contributed by atoms with E-state index in [9.17, 15) is 4.79 Å². The molecule has 0 spiro atoms. The highest BCUT2D eigenvalue weighted by Gasteiger charge is 2.14. The zero-order valence-electron chi connectivity index (χ0n) is 4.90. The van der Waals surface area contributed by atoms with Crippen LogP contribution in [0.2, 0.25) is 0 Å². The molecule has 1 rings (SSSR count). The molecule has 0 radical (unpaired) electrons. The van der Waals surface area contributed by atoms with Crippen LogP contribution >= 0.6 is 22.1 Å². The molecule has 0 aromatic rings. The molecule has 10 heavy (non-hydrogen) atoms. The van der Waals surface area contributed by atoms with Gasteiger partial charge in [-0.3, -0.25) is 4.79 Å². The molecule has 0 unspecified atom stereocenters. The first kappa shape index (κ1) is 9.44. The summed E-state index contributed by atoms with van der Waals surface area (Å²) in [5, 5.41) is 7.42. The van der Waals surface area contributed by atoms with Crippen molar-refractivity contribution in [3.63, 3.8) is 0 Å². The molecule has 1 aliphatic rings. The number of hydrogen-bond donors (Lipinski definition) is 1. The molecule has 1 aliphatic heterocycles. The minimum Gasteiger partial charge on any atom is -0.481 e. The third-order valence-electron chi connectivity index (χ3n) is 0.232. The highest BCUT2D eigenvalue weighted by molar-refractivity contribution is 8.73. The Bertz CT molecular complexity index is 123. The van der Waals surface area contributed by atoms with Gasteiger partial charge in [-0.1, -0.05) is 0 Å². The van der Waals surface area contributed by atoms with Crippen LogP contribution < -0.4 is 0 Å². The lowest BCUT2D eigenvalue weighted by Gasteiger charge is -1.72. The molecule has 1 saturated heterocycles. The van der Waals surface area contributed by atoms with E-state index in [0.29, 0.717) is 0 Å². The van der Waals surface area contributed by atoms with E-state index in [2.05, 4.69) is 8.37 Å². The smallest absolute Gasteiger partial charge is 0.481 e. The zero-order chi connectivity index (χ0) is 7.98. The van der Waals surface area contributed by atoms with Crippen LogP contribution in [0, 0.1) is 0 Å². The summed E-state index contributed by atoms with van der Waals surface area (Å²) in [5.74, 6) is -0.833. The first-order valence-electron chi connectivity index (χ1n) is 2.04. The fourth-order valence-electron chi connectivity index (χ4n) is 0.0972. The lowest BCUT2D eigenvalue weighted by molar-refractivity contribution is -0.134. The van der Waals surface area contributed by atoms with Crippen LogP contribution in [0.1, 0.15) is 6.92 Å². The van der Waals surface area contributed by atoms with Crippen molar-refractivity contribution in [1.29, 1.82) is 0 Å². The molecular formula is C3H4O5S2. The number of carbonyl (C=O) groups is 2. The lowest BCUT2D eigenvalue weighted by atomic mass is 10.9. The second-order valence-corrected chi connectivity index (χ2v) is 2.49. The average Bonchev–Trinajstić information content (AvgIpc) is 2.15. The van der Waals surface area contributed by atoms with Crippen LogP contribution in [-0.4, -0.2) is 17.2 Å². The molecule has 0 aromatic heterocycles. The molecule has 0 amide bonds. The summed E-state index contributed by atoms with van der Waals surface area (Å²) in [4.78, 5) is 18.8. The van der Waals surface area contributed by atoms with Crippen molar-refractivity contribution in [2.75, 3.05) is 0 Å². The highest BCUT2D eigenvalue weighted by Crippen LogP contribution is 2.31. The maximum absolute atomic E-state index is 9.76. The predicted octanol–water partition coefficient (Wildman–Crippen LogP) is 1.46. The molecule has 1 N–H and O–H groups in total. The predicted molar refractivity (Wildman–Crippen MR) is 36.1 cm³/mol. The van der Waals surface area contributed by atoms with Crippen LogP contribution in [0.15, 0.2) is 0 Å². The molecule has 7 heteroatoms. The number of hydrogen-bond acceptors (Lipinski definition) is 6. The Hall–Kier alpha value is -0.560. The second kappa shape index (κ2) is 5.24. The van der Waals surface area contributed by atoms with Crippen molar-refractivity contribution < 1.29 is 23.1 Å². The van der Waals surface area contributed by atoms with E-state index in [0.717, 1.165) is 29.1 Å². The summed E-state index contributed by atoms with van der Waals surface area (Å²) < 4.78 is 8.34. The lowest BCUT2D eigenvalue weighted by Crippen LogP contribution is -1.84. The quantitative estimate of drug-likeness (QED) is 0.451. The first-order chi connectivity index (χ1) is 4.63. The maximum atomic E-state index is 9.76. The number of carboxylic acids is 1. The van der Waals surface area contributed by atoms with E-state index in [4.69, 9.17) is 9.90 Å². The summed E-state index contributed by atoms with van der Waals surface area (Å²) in [6, 6.07) is 0. The molecule has 0 bridgehead atoms. The topological polar surface area (TPSA) is 72.8 Å². The van der Waals surface area contributed by atoms with Crippen molar-refractivity contribution in [2.24, 2.45) is 0 Å². The Morgan fingerprint density at radius 1 is 1.50 bits per heavy atom. The van der Waals surface area contributed by atoms with Gasteiger partial charge in [-0.15, -0.1) is 0 Å². The monoisotopic (exact) mass is 184 g/mol. The van der Waals surface area contributed by atoms with Gasteiger partial charge in [-0.05, 0) is 0 Å². The van der Waals surface area contributed by atoms with Gasteiger partial charge < -0.3 is 13.5 Å². The largest absolute Gasteiger partial charge is 0.535 e. The SMILES string of the molecule is CC(=O)O.O=C1OSSO1. The molecule has 1 fully saturated rings. The number of rotatable bonds is 0. The Morgan fingerprint density at radius 2 is 1.80 bits per heavy atom. The van der Waals surface area contributed by atoms with Gasteiger partial charge in [0.25, 0.3) is 5.97 Å². The van der Waals surface area contributed by atoms with Gasteiger partial charge in [0.15, 0.2) is 22.1 Å². The van der Waals surface area contributed by atoms with Gasteiger partial charge in [0.05, 0.1) is 0 Å². The van der Waals surface area contributed by atoms with Crippen LogP contribution in [-0.2, 0) is 13.2 Å². The molecule has 0 aliphatic carbocycles. The Labute approximate surface area is 64.9 Å². The summed E-state index contributed by atoms with van der Waals surface area (Å²) >= 11 is 1.85. The molecule has 0 saturated carbocycles. The van der Waals surface area contributed by atoms with Gasteiger partial charge in [0.2, 0.25) is 0 Å². The van der Waals surface area contributed by atoms with Crippen molar-refractivity contribution in [2.45, 2.75) is 6.92 Å². The fourth-order valence-corrected chi connectivity index (χ4v) is 0.875. The highest BCUT2D eigenvalue weighted by atomic mass is 33.1. The first-order valence-corrected chi connectivity index (χ1v) is 4.04. The van der Waals surface area contributed by atoms with Crippen LogP contribution in [0.3, 0.4) is 0 Å². The minimum atomic E-state index is -0.833. The minimum absolute atomic E-state index is 0.620. The van der Waals surface area contributed by atoms with E-state index in [1.54, 1.807) is 0 Å². The summed E-state index contributed by atoms with van der Waals surface area (Å²) in [6.45, 7) is 1.08. The Kier molecular flexibility index (Phi) is 4.95. The van der Waals surface area contributed by atoms with Crippen molar-refractivity contribution >= 4 is 34.3 Å². The molecular weight excluding hydrogens is 180 g/mol. The molecule has 0 atom stereocenters. The molecule has 58 valence electrons. The Morgan fingerprint density at radius 3 is 1.90 bits per heavy atom. The number of carboxylic acid groups (broad SMARTS) is 1. The van der Waals surface area contributed by atoms with E-state index in [1.165, 1.54) is 0 Å². The van der Waals surface area contributed by atoms with Crippen LogP contribution in [0.5, 0.6) is 0 Å². The van der Waals surface area contributed by atoms with E-state index in [-0.39, 0.29) is 0 Å². The fraction of sp³-hybridized carbons (Fsp3) is 0.333. The van der Waals surface area contributed by atoms with Gasteiger partial charge in [0, 0.05) is 6.92 Å². The number of carbonyl (C=O) groups excluding carboxylic acids is 1. The average molecular weight is 184 g/mol. The number of aliphatic carboxylic acids is 1. The van der Waals surface area contributed by atoms with E-state index in [1.807, 2.05) is 0 Å². The zero-order valence-corrected chi connectivity index (χ0v) is 6.53. The standard InChI is InChI=1S/C2H4O2.CO3S2/c1-2(3)4;2-1-3-5-6-4-1/h1H3,(H,3,4);. The maximum Gasteiger partial charge on any atom is 0.535 e. The van der Waals surface area contributed by atoms with Gasteiger partial charge >= 0.3 is 6.16 Å². The molecule has 5 nitrogen and oxygen atoms in total. The van der Waals surface area contributed by atoms with Gasteiger partial charge in [-0.25, -0.2) is 4.79 Å².